The van der Waals surface area contributed by atoms with E-state index in [9.17, 15) is 0 Å². The summed E-state index contributed by atoms with van der Waals surface area (Å²) >= 11 is 0. The molecule has 0 spiro atoms. The van der Waals surface area contributed by atoms with Crippen LogP contribution in [-0.4, -0.2) is 40.6 Å². The molecule has 0 saturated heterocycles. The number of rotatable bonds is 8. The van der Waals surface area contributed by atoms with E-state index in [1.807, 2.05) is 19.6 Å². The number of aryl methyl sites for hydroxylation is 1. The summed E-state index contributed by atoms with van der Waals surface area (Å²) in [6.45, 7) is 9.90. The van der Waals surface area contributed by atoms with Crippen molar-refractivity contribution in [3.63, 3.8) is 0 Å². The third-order valence-electron chi connectivity index (χ3n) is 2.94. The minimum absolute atomic E-state index is 0.911. The van der Waals surface area contributed by atoms with Crippen molar-refractivity contribution >= 4 is 0 Å². The zero-order valence-corrected chi connectivity index (χ0v) is 10.7. The predicted molar refractivity (Wildman–Crippen MR) is 67.3 cm³/mol. The highest BCUT2D eigenvalue weighted by Crippen LogP contribution is 1.95. The minimum Gasteiger partial charge on any atom is -0.337 e. The lowest BCUT2D eigenvalue weighted by Gasteiger charge is -2.17. The number of aromatic nitrogens is 2. The summed E-state index contributed by atoms with van der Waals surface area (Å²) in [5.74, 6) is 0. The first kappa shape index (κ1) is 13.2. The van der Waals surface area contributed by atoms with Crippen LogP contribution in [0.3, 0.4) is 0 Å². The van der Waals surface area contributed by atoms with E-state index >= 15 is 0 Å². The average molecular weight is 224 g/mol. The number of hydrogen-bond acceptors (Lipinski definition) is 3. The first-order chi connectivity index (χ1) is 7.77. The molecular weight excluding hydrogens is 200 g/mol. The minimum atomic E-state index is 0.911. The van der Waals surface area contributed by atoms with Gasteiger partial charge in [-0.15, -0.1) is 0 Å². The number of nitrogens with zero attached hydrogens (tertiary/aromatic N) is 3. The summed E-state index contributed by atoms with van der Waals surface area (Å²) in [5.41, 5.74) is 1.24. The largest absolute Gasteiger partial charge is 0.337 e. The second-order valence-electron chi connectivity index (χ2n) is 4.05. The summed E-state index contributed by atoms with van der Waals surface area (Å²) in [6.07, 6.45) is 4.96. The molecular formula is C12H24N4. The van der Waals surface area contributed by atoms with Gasteiger partial charge >= 0.3 is 0 Å². The zero-order chi connectivity index (χ0) is 11.8. The maximum atomic E-state index is 4.09. The van der Waals surface area contributed by atoms with Crippen molar-refractivity contribution in [1.82, 2.24) is 19.8 Å². The van der Waals surface area contributed by atoms with Crippen molar-refractivity contribution in [3.8, 4) is 0 Å². The number of imidazole rings is 1. The molecule has 0 radical (unpaired) electrons. The van der Waals surface area contributed by atoms with Crippen LogP contribution in [0.4, 0.5) is 0 Å². The Labute approximate surface area is 98.7 Å². The molecule has 1 heterocycles. The van der Waals surface area contributed by atoms with Crippen LogP contribution in [0.15, 0.2) is 12.5 Å². The van der Waals surface area contributed by atoms with Crippen molar-refractivity contribution in [2.24, 2.45) is 7.05 Å². The normalized spacial score (nSPS) is 11.2. The average Bonchev–Trinajstić information content (AvgIpc) is 2.70. The van der Waals surface area contributed by atoms with Crippen LogP contribution in [0.1, 0.15) is 26.0 Å². The highest BCUT2D eigenvalue weighted by atomic mass is 15.1. The van der Waals surface area contributed by atoms with E-state index in [1.54, 1.807) is 0 Å². The number of nitrogens with one attached hydrogen (secondary N) is 1. The molecule has 4 nitrogen and oxygen atoms in total. The molecule has 16 heavy (non-hydrogen) atoms. The van der Waals surface area contributed by atoms with E-state index in [0.717, 1.165) is 26.2 Å². The lowest BCUT2D eigenvalue weighted by Crippen LogP contribution is -2.27. The predicted octanol–water partition coefficient (Wildman–Crippen LogP) is 1.24. The quantitative estimate of drug-likeness (QED) is 0.675. The molecule has 1 N–H and O–H groups in total. The first-order valence-corrected chi connectivity index (χ1v) is 6.16. The van der Waals surface area contributed by atoms with Gasteiger partial charge in [0.1, 0.15) is 0 Å². The first-order valence-electron chi connectivity index (χ1n) is 6.16. The Balaban J connectivity index is 2.06. The molecule has 0 aromatic carbocycles. The summed E-state index contributed by atoms with van der Waals surface area (Å²) in [5, 5.41) is 3.44. The molecule has 0 aliphatic heterocycles. The SMILES string of the molecule is CCN(CC)CCCNCc1cncn1C. The van der Waals surface area contributed by atoms with Crippen LogP contribution in [0.25, 0.3) is 0 Å². The van der Waals surface area contributed by atoms with Gasteiger partial charge in [-0.3, -0.25) is 0 Å². The molecule has 0 bridgehead atoms. The Hall–Kier alpha value is -0.870. The van der Waals surface area contributed by atoms with Crippen LogP contribution < -0.4 is 5.32 Å². The fraction of sp³-hybridized carbons (Fsp3) is 0.750. The van der Waals surface area contributed by atoms with Crippen LogP contribution >= 0.6 is 0 Å². The van der Waals surface area contributed by atoms with Crippen molar-refractivity contribution < 1.29 is 0 Å². The van der Waals surface area contributed by atoms with Crippen molar-refractivity contribution in [2.75, 3.05) is 26.2 Å². The molecule has 4 heteroatoms. The molecule has 1 aromatic rings. The molecule has 1 rings (SSSR count). The summed E-state index contributed by atoms with van der Waals surface area (Å²) in [6, 6.07) is 0. The molecule has 92 valence electrons. The van der Waals surface area contributed by atoms with Crippen LogP contribution in [0.2, 0.25) is 0 Å². The smallest absolute Gasteiger partial charge is 0.0945 e. The van der Waals surface area contributed by atoms with Gasteiger partial charge in [-0.25, -0.2) is 4.98 Å². The standard InChI is InChI=1S/C12H24N4/c1-4-16(5-2)8-6-7-13-9-12-10-14-11-15(12)3/h10-11,13H,4-9H2,1-3H3. The van der Waals surface area contributed by atoms with Gasteiger partial charge in [0.25, 0.3) is 0 Å². The maximum Gasteiger partial charge on any atom is 0.0945 e. The lowest BCUT2D eigenvalue weighted by molar-refractivity contribution is 0.298. The van der Waals surface area contributed by atoms with Gasteiger partial charge in [-0.1, -0.05) is 13.8 Å². The van der Waals surface area contributed by atoms with Crippen LogP contribution in [-0.2, 0) is 13.6 Å². The second kappa shape index (κ2) is 7.41. The topological polar surface area (TPSA) is 33.1 Å². The van der Waals surface area contributed by atoms with E-state index in [4.69, 9.17) is 0 Å². The monoisotopic (exact) mass is 224 g/mol. The number of hydrogen-bond donors (Lipinski definition) is 1. The van der Waals surface area contributed by atoms with E-state index in [0.29, 0.717) is 0 Å². The summed E-state index contributed by atoms with van der Waals surface area (Å²) in [7, 11) is 2.03. The summed E-state index contributed by atoms with van der Waals surface area (Å²) < 4.78 is 2.05. The Morgan fingerprint density at radius 2 is 2.12 bits per heavy atom. The molecule has 0 fully saturated rings. The zero-order valence-electron chi connectivity index (χ0n) is 10.7. The van der Waals surface area contributed by atoms with E-state index in [2.05, 4.69) is 33.6 Å². The maximum absolute atomic E-state index is 4.09. The Morgan fingerprint density at radius 1 is 1.38 bits per heavy atom. The third kappa shape index (κ3) is 4.33. The van der Waals surface area contributed by atoms with Crippen molar-refractivity contribution in [2.45, 2.75) is 26.8 Å². The molecule has 0 aliphatic carbocycles. The summed E-state index contributed by atoms with van der Waals surface area (Å²) in [4.78, 5) is 6.54. The van der Waals surface area contributed by atoms with Gasteiger partial charge in [0.2, 0.25) is 0 Å². The molecule has 0 saturated carbocycles. The molecule has 0 unspecified atom stereocenters. The van der Waals surface area contributed by atoms with Gasteiger partial charge in [0.05, 0.1) is 12.0 Å². The van der Waals surface area contributed by atoms with Crippen molar-refractivity contribution in [3.05, 3.63) is 18.2 Å². The molecule has 0 amide bonds. The highest BCUT2D eigenvalue weighted by Gasteiger charge is 1.99. The van der Waals surface area contributed by atoms with Gasteiger partial charge in [-0.2, -0.15) is 0 Å². The van der Waals surface area contributed by atoms with Gasteiger partial charge in [0, 0.05) is 19.8 Å². The van der Waals surface area contributed by atoms with Gasteiger partial charge < -0.3 is 14.8 Å². The lowest BCUT2D eigenvalue weighted by atomic mass is 10.3. The van der Waals surface area contributed by atoms with E-state index in [1.165, 1.54) is 18.7 Å². The fourth-order valence-electron chi connectivity index (χ4n) is 1.74. The fourth-order valence-corrected chi connectivity index (χ4v) is 1.74. The van der Waals surface area contributed by atoms with E-state index < -0.39 is 0 Å². The third-order valence-corrected chi connectivity index (χ3v) is 2.94. The second-order valence-corrected chi connectivity index (χ2v) is 4.05. The van der Waals surface area contributed by atoms with Gasteiger partial charge in [0.15, 0.2) is 0 Å². The highest BCUT2D eigenvalue weighted by molar-refractivity contribution is 4.96. The van der Waals surface area contributed by atoms with Crippen molar-refractivity contribution in [1.29, 1.82) is 0 Å². The Bertz CT molecular complexity index is 278. The Kier molecular flexibility index (Phi) is 6.11. The Morgan fingerprint density at radius 3 is 2.69 bits per heavy atom. The molecule has 1 aromatic heterocycles. The molecule has 0 atom stereocenters. The van der Waals surface area contributed by atoms with Crippen LogP contribution in [0, 0.1) is 0 Å². The van der Waals surface area contributed by atoms with Gasteiger partial charge in [-0.05, 0) is 32.6 Å². The van der Waals surface area contributed by atoms with Crippen LogP contribution in [0.5, 0.6) is 0 Å². The van der Waals surface area contributed by atoms with E-state index in [-0.39, 0.29) is 0 Å². The molecule has 0 aliphatic rings.